The molecule has 0 aliphatic heterocycles. The van der Waals surface area contributed by atoms with Crippen LogP contribution in [0.3, 0.4) is 0 Å². The van der Waals surface area contributed by atoms with E-state index >= 15 is 0 Å². The van der Waals surface area contributed by atoms with E-state index in [0.29, 0.717) is 5.41 Å². The third-order valence-electron chi connectivity index (χ3n) is 5.68. The second kappa shape index (κ2) is 6.38. The largest absolute Gasteiger partial charge is 0.329 e. The minimum Gasteiger partial charge on any atom is -0.329 e. The van der Waals surface area contributed by atoms with Crippen molar-refractivity contribution in [2.75, 3.05) is 20.1 Å². The molecule has 18 heavy (non-hydrogen) atoms. The second-order valence-corrected chi connectivity index (χ2v) is 6.97. The molecule has 2 N–H and O–H groups in total. The monoisotopic (exact) mass is 254 g/mol. The minimum atomic E-state index is 0.288. The normalized spacial score (nSPS) is 29.8. The van der Waals surface area contributed by atoms with Gasteiger partial charge in [-0.2, -0.15) is 0 Å². The van der Waals surface area contributed by atoms with Crippen LogP contribution in [0, 0.1) is 11.3 Å². The molecule has 0 spiro atoms. The lowest BCUT2D eigenvalue weighted by atomic mass is 9.65. The van der Waals surface area contributed by atoms with Crippen molar-refractivity contribution in [1.82, 2.24) is 4.90 Å². The van der Waals surface area contributed by atoms with E-state index in [1.54, 1.807) is 0 Å². The predicted octanol–water partition coefficient (Wildman–Crippen LogP) is 3.65. The highest BCUT2D eigenvalue weighted by Crippen LogP contribution is 2.44. The number of nitrogens with zero attached hydrogens (tertiary/aromatic N) is 1. The second-order valence-electron chi connectivity index (χ2n) is 6.97. The van der Waals surface area contributed by atoms with Crippen LogP contribution in [0.4, 0.5) is 0 Å². The number of likely N-dealkylation sites (N-methyl/N-ethyl adjacent to an activating group) is 1. The highest BCUT2D eigenvalue weighted by Gasteiger charge is 2.40. The molecule has 1 fully saturated rings. The summed E-state index contributed by atoms with van der Waals surface area (Å²) in [5, 5.41) is 0. The number of rotatable bonds is 6. The Morgan fingerprint density at radius 1 is 1.22 bits per heavy atom. The zero-order chi connectivity index (χ0) is 13.8. The van der Waals surface area contributed by atoms with Gasteiger partial charge in [-0.15, -0.1) is 0 Å². The maximum Gasteiger partial charge on any atom is 0.0328 e. The first-order valence-electron chi connectivity index (χ1n) is 7.83. The minimum absolute atomic E-state index is 0.288. The first kappa shape index (κ1) is 16.0. The van der Waals surface area contributed by atoms with Crippen molar-refractivity contribution in [3.05, 3.63) is 0 Å². The van der Waals surface area contributed by atoms with Gasteiger partial charge in [-0.25, -0.2) is 0 Å². The summed E-state index contributed by atoms with van der Waals surface area (Å²) in [5.41, 5.74) is 6.91. The van der Waals surface area contributed by atoms with E-state index in [4.69, 9.17) is 5.73 Å². The zero-order valence-corrected chi connectivity index (χ0v) is 13.3. The number of nitrogens with two attached hydrogens (primary N) is 1. The Morgan fingerprint density at radius 2 is 1.78 bits per heavy atom. The molecule has 0 aromatic carbocycles. The van der Waals surface area contributed by atoms with E-state index in [1.165, 1.54) is 45.1 Å². The van der Waals surface area contributed by atoms with Gasteiger partial charge in [0, 0.05) is 12.1 Å². The molecule has 1 aliphatic carbocycles. The molecule has 0 heterocycles. The SMILES string of the molecule is CCCN(C)C1(CN)CCC(C(C)(C)CC)CC1. The molecule has 2 nitrogen and oxygen atoms in total. The molecule has 0 saturated heterocycles. The summed E-state index contributed by atoms with van der Waals surface area (Å²) in [6.45, 7) is 11.5. The topological polar surface area (TPSA) is 29.3 Å². The molecule has 0 aromatic rings. The summed E-state index contributed by atoms with van der Waals surface area (Å²) >= 11 is 0. The Morgan fingerprint density at radius 3 is 2.17 bits per heavy atom. The van der Waals surface area contributed by atoms with Gasteiger partial charge in [0.1, 0.15) is 0 Å². The van der Waals surface area contributed by atoms with Gasteiger partial charge in [-0.1, -0.05) is 34.1 Å². The summed E-state index contributed by atoms with van der Waals surface area (Å²) in [7, 11) is 2.27. The van der Waals surface area contributed by atoms with Gasteiger partial charge in [0.05, 0.1) is 0 Å². The lowest BCUT2D eigenvalue weighted by Crippen LogP contribution is -2.55. The highest BCUT2D eigenvalue weighted by molar-refractivity contribution is 4.97. The molecule has 108 valence electrons. The van der Waals surface area contributed by atoms with Crippen molar-refractivity contribution < 1.29 is 0 Å². The van der Waals surface area contributed by atoms with Crippen LogP contribution in [0.15, 0.2) is 0 Å². The molecular weight excluding hydrogens is 220 g/mol. The Kier molecular flexibility index (Phi) is 5.67. The fraction of sp³-hybridized carbons (Fsp3) is 1.00. The summed E-state index contributed by atoms with van der Waals surface area (Å²) in [4.78, 5) is 2.53. The van der Waals surface area contributed by atoms with E-state index in [1.807, 2.05) is 0 Å². The van der Waals surface area contributed by atoms with Crippen molar-refractivity contribution in [2.45, 2.75) is 71.8 Å². The van der Waals surface area contributed by atoms with E-state index in [-0.39, 0.29) is 5.54 Å². The van der Waals surface area contributed by atoms with Gasteiger partial charge in [-0.3, -0.25) is 4.90 Å². The maximum atomic E-state index is 6.11. The Balaban J connectivity index is 2.64. The van der Waals surface area contributed by atoms with Crippen LogP contribution in [-0.2, 0) is 0 Å². The van der Waals surface area contributed by atoms with Crippen LogP contribution in [0.1, 0.15) is 66.2 Å². The van der Waals surface area contributed by atoms with E-state index in [2.05, 4.69) is 39.6 Å². The van der Waals surface area contributed by atoms with Crippen LogP contribution in [0.5, 0.6) is 0 Å². The van der Waals surface area contributed by atoms with Crippen molar-refractivity contribution in [2.24, 2.45) is 17.1 Å². The van der Waals surface area contributed by atoms with E-state index in [9.17, 15) is 0 Å². The third kappa shape index (κ3) is 3.27. The number of hydrogen-bond acceptors (Lipinski definition) is 2. The summed E-state index contributed by atoms with van der Waals surface area (Å²) in [6, 6.07) is 0. The first-order chi connectivity index (χ1) is 8.41. The molecule has 2 heteroatoms. The van der Waals surface area contributed by atoms with Gasteiger partial charge in [0.15, 0.2) is 0 Å². The van der Waals surface area contributed by atoms with Crippen molar-refractivity contribution >= 4 is 0 Å². The fourth-order valence-corrected chi connectivity index (χ4v) is 3.54. The van der Waals surface area contributed by atoms with Gasteiger partial charge in [0.2, 0.25) is 0 Å². The molecule has 0 bridgehead atoms. The molecule has 0 unspecified atom stereocenters. The molecule has 0 amide bonds. The lowest BCUT2D eigenvalue weighted by molar-refractivity contribution is 0.0323. The average molecular weight is 254 g/mol. The van der Waals surface area contributed by atoms with Crippen LogP contribution in [0.25, 0.3) is 0 Å². The molecule has 1 saturated carbocycles. The third-order valence-corrected chi connectivity index (χ3v) is 5.68. The van der Waals surface area contributed by atoms with Crippen molar-refractivity contribution in [3.8, 4) is 0 Å². The summed E-state index contributed by atoms with van der Waals surface area (Å²) in [5.74, 6) is 0.886. The molecule has 0 aromatic heterocycles. The Bertz CT molecular complexity index is 239. The van der Waals surface area contributed by atoms with E-state index in [0.717, 1.165) is 12.5 Å². The molecule has 0 atom stereocenters. The quantitative estimate of drug-likeness (QED) is 0.784. The van der Waals surface area contributed by atoms with Crippen LogP contribution >= 0.6 is 0 Å². The van der Waals surface area contributed by atoms with Gasteiger partial charge in [0.25, 0.3) is 0 Å². The number of hydrogen-bond donors (Lipinski definition) is 1. The lowest BCUT2D eigenvalue weighted by Gasteiger charge is -2.49. The van der Waals surface area contributed by atoms with Crippen LogP contribution in [0.2, 0.25) is 0 Å². The van der Waals surface area contributed by atoms with Crippen molar-refractivity contribution in [3.63, 3.8) is 0 Å². The molecular formula is C16H34N2. The zero-order valence-electron chi connectivity index (χ0n) is 13.3. The Hall–Kier alpha value is -0.0800. The molecule has 1 aliphatic rings. The fourth-order valence-electron chi connectivity index (χ4n) is 3.54. The average Bonchev–Trinajstić information content (AvgIpc) is 2.39. The van der Waals surface area contributed by atoms with Crippen LogP contribution < -0.4 is 5.73 Å². The smallest absolute Gasteiger partial charge is 0.0328 e. The van der Waals surface area contributed by atoms with Gasteiger partial charge >= 0.3 is 0 Å². The van der Waals surface area contributed by atoms with Crippen molar-refractivity contribution in [1.29, 1.82) is 0 Å². The van der Waals surface area contributed by atoms with Crippen LogP contribution in [-0.4, -0.2) is 30.6 Å². The summed E-state index contributed by atoms with van der Waals surface area (Å²) < 4.78 is 0. The van der Waals surface area contributed by atoms with E-state index < -0.39 is 0 Å². The standard InChI is InChI=1S/C16H34N2/c1-6-12-18(5)16(13-17)10-8-14(9-11-16)15(3,4)7-2/h14H,6-13,17H2,1-5H3. The first-order valence-corrected chi connectivity index (χ1v) is 7.83. The molecule has 0 radical (unpaired) electrons. The highest BCUT2D eigenvalue weighted by atomic mass is 15.2. The van der Waals surface area contributed by atoms with Gasteiger partial charge < -0.3 is 5.73 Å². The Labute approximate surface area is 114 Å². The maximum absolute atomic E-state index is 6.11. The predicted molar refractivity (Wildman–Crippen MR) is 80.7 cm³/mol. The summed E-state index contributed by atoms with van der Waals surface area (Å²) in [6.07, 6.45) is 7.79. The molecule has 1 rings (SSSR count). The van der Waals surface area contributed by atoms with Gasteiger partial charge in [-0.05, 0) is 57.0 Å².